The van der Waals surface area contributed by atoms with Crippen LogP contribution in [0, 0.1) is 12.3 Å². The summed E-state index contributed by atoms with van der Waals surface area (Å²) in [6.07, 6.45) is 9.56. The van der Waals surface area contributed by atoms with Gasteiger partial charge in [-0.05, 0) is 25.7 Å². The topological polar surface area (TPSA) is 69.6 Å². The molecule has 100 valence electrons. The number of amides is 2. The van der Waals surface area contributed by atoms with Crippen molar-refractivity contribution in [3.63, 3.8) is 0 Å². The lowest BCUT2D eigenvalue weighted by Gasteiger charge is -2.22. The number of aliphatic carboxylic acids is 1. The second-order valence-corrected chi connectivity index (χ2v) is 4.46. The highest BCUT2D eigenvalue weighted by atomic mass is 16.4. The van der Waals surface area contributed by atoms with Crippen LogP contribution < -0.4 is 5.32 Å². The summed E-state index contributed by atoms with van der Waals surface area (Å²) in [5.41, 5.74) is 0. The highest BCUT2D eigenvalue weighted by Crippen LogP contribution is 2.26. The molecule has 1 aliphatic rings. The van der Waals surface area contributed by atoms with Crippen molar-refractivity contribution in [2.24, 2.45) is 0 Å². The SMILES string of the molecule is C#CCCCCNC(=O)N(CCC(=O)O)C1CC1. The predicted octanol–water partition coefficient (Wildman–Crippen LogP) is 1.44. The van der Waals surface area contributed by atoms with Gasteiger partial charge in [-0.1, -0.05) is 0 Å². The Balaban J connectivity index is 2.22. The van der Waals surface area contributed by atoms with E-state index in [4.69, 9.17) is 11.5 Å². The number of hydrogen-bond donors (Lipinski definition) is 2. The summed E-state index contributed by atoms with van der Waals surface area (Å²) in [7, 11) is 0. The van der Waals surface area contributed by atoms with Gasteiger partial charge < -0.3 is 15.3 Å². The summed E-state index contributed by atoms with van der Waals surface area (Å²) in [6, 6.07) is 0.0783. The first kappa shape index (κ1) is 14.4. The van der Waals surface area contributed by atoms with Crippen LogP contribution in [-0.2, 0) is 4.79 Å². The molecule has 1 fully saturated rings. The molecule has 0 aromatic heterocycles. The molecule has 2 N–H and O–H groups in total. The van der Waals surface area contributed by atoms with Crippen molar-refractivity contribution in [1.82, 2.24) is 10.2 Å². The van der Waals surface area contributed by atoms with Gasteiger partial charge in [-0.15, -0.1) is 12.3 Å². The van der Waals surface area contributed by atoms with Crippen LogP contribution >= 0.6 is 0 Å². The maximum atomic E-state index is 11.9. The first-order valence-corrected chi connectivity index (χ1v) is 6.35. The number of nitrogens with one attached hydrogen (secondary N) is 1. The van der Waals surface area contributed by atoms with Crippen LogP contribution in [0.1, 0.15) is 38.5 Å². The molecule has 0 heterocycles. The summed E-state index contributed by atoms with van der Waals surface area (Å²) in [5.74, 6) is 1.68. The third-order valence-electron chi connectivity index (χ3n) is 2.84. The lowest BCUT2D eigenvalue weighted by Crippen LogP contribution is -2.42. The first-order chi connectivity index (χ1) is 8.65. The fraction of sp³-hybridized carbons (Fsp3) is 0.692. The molecule has 0 unspecified atom stereocenters. The van der Waals surface area contributed by atoms with Crippen molar-refractivity contribution in [2.45, 2.75) is 44.6 Å². The molecule has 5 nitrogen and oxygen atoms in total. The quantitative estimate of drug-likeness (QED) is 0.507. The smallest absolute Gasteiger partial charge is 0.317 e. The average molecular weight is 252 g/mol. The molecule has 0 saturated heterocycles. The fourth-order valence-electron chi connectivity index (χ4n) is 1.70. The number of nitrogens with zero attached hydrogens (tertiary/aromatic N) is 1. The minimum atomic E-state index is -0.873. The Kier molecular flexibility index (Phi) is 6.06. The molecule has 2 amide bonds. The van der Waals surface area contributed by atoms with Gasteiger partial charge in [0.25, 0.3) is 0 Å². The van der Waals surface area contributed by atoms with Crippen LogP contribution in [0.25, 0.3) is 0 Å². The van der Waals surface area contributed by atoms with Gasteiger partial charge in [-0.2, -0.15) is 0 Å². The highest BCUT2D eigenvalue weighted by molar-refractivity contribution is 5.76. The third kappa shape index (κ3) is 5.58. The van der Waals surface area contributed by atoms with Crippen molar-refractivity contribution in [2.75, 3.05) is 13.1 Å². The van der Waals surface area contributed by atoms with E-state index in [1.165, 1.54) is 0 Å². The first-order valence-electron chi connectivity index (χ1n) is 6.35. The molecule has 5 heteroatoms. The van der Waals surface area contributed by atoms with Gasteiger partial charge in [0.05, 0.1) is 6.42 Å². The molecular weight excluding hydrogens is 232 g/mol. The number of rotatable bonds is 8. The number of carbonyl (C=O) groups is 2. The van der Waals surface area contributed by atoms with Crippen LogP contribution in [0.2, 0.25) is 0 Å². The maximum absolute atomic E-state index is 11.9. The van der Waals surface area contributed by atoms with Crippen LogP contribution in [-0.4, -0.2) is 41.1 Å². The van der Waals surface area contributed by atoms with Gasteiger partial charge in [0.1, 0.15) is 0 Å². The molecular formula is C13H20N2O3. The molecule has 18 heavy (non-hydrogen) atoms. The van der Waals surface area contributed by atoms with Crippen molar-refractivity contribution < 1.29 is 14.7 Å². The zero-order valence-electron chi connectivity index (χ0n) is 10.5. The fourth-order valence-corrected chi connectivity index (χ4v) is 1.70. The summed E-state index contributed by atoms with van der Waals surface area (Å²) in [5, 5.41) is 11.5. The summed E-state index contributed by atoms with van der Waals surface area (Å²) in [6.45, 7) is 0.882. The minimum Gasteiger partial charge on any atom is -0.481 e. The zero-order chi connectivity index (χ0) is 13.4. The lowest BCUT2D eigenvalue weighted by atomic mass is 10.2. The molecule has 1 saturated carbocycles. The second-order valence-electron chi connectivity index (χ2n) is 4.46. The minimum absolute atomic E-state index is 0.00101. The zero-order valence-corrected chi connectivity index (χ0v) is 10.5. The van der Waals surface area contributed by atoms with E-state index in [2.05, 4.69) is 11.2 Å². The number of carboxylic acids is 1. The number of terminal acetylenes is 1. The Bertz CT molecular complexity index is 332. The molecule has 0 aliphatic heterocycles. The Morgan fingerprint density at radius 2 is 2.11 bits per heavy atom. The molecule has 0 radical (unpaired) electrons. The molecule has 0 spiro atoms. The van der Waals surface area contributed by atoms with E-state index < -0.39 is 5.97 Å². The van der Waals surface area contributed by atoms with Gasteiger partial charge in [-0.25, -0.2) is 4.79 Å². The van der Waals surface area contributed by atoms with Gasteiger partial charge in [0, 0.05) is 25.6 Å². The predicted molar refractivity (Wildman–Crippen MR) is 68.1 cm³/mol. The second kappa shape index (κ2) is 7.59. The molecule has 1 rings (SSSR count). The molecule has 0 aromatic carbocycles. The van der Waals surface area contributed by atoms with E-state index in [1.54, 1.807) is 4.90 Å². The molecule has 1 aliphatic carbocycles. The van der Waals surface area contributed by atoms with E-state index in [-0.39, 0.29) is 25.0 Å². The molecule has 0 atom stereocenters. The van der Waals surface area contributed by atoms with E-state index >= 15 is 0 Å². The Morgan fingerprint density at radius 3 is 2.67 bits per heavy atom. The van der Waals surface area contributed by atoms with E-state index in [0.29, 0.717) is 6.54 Å². The van der Waals surface area contributed by atoms with Gasteiger partial charge in [-0.3, -0.25) is 4.79 Å². The van der Waals surface area contributed by atoms with Crippen LogP contribution in [0.15, 0.2) is 0 Å². The van der Waals surface area contributed by atoms with Crippen molar-refractivity contribution in [3.8, 4) is 12.3 Å². The maximum Gasteiger partial charge on any atom is 0.317 e. The van der Waals surface area contributed by atoms with Gasteiger partial charge in [0.2, 0.25) is 0 Å². The third-order valence-corrected chi connectivity index (χ3v) is 2.84. The normalized spacial score (nSPS) is 13.7. The van der Waals surface area contributed by atoms with E-state index in [1.807, 2.05) is 0 Å². The number of unbranched alkanes of at least 4 members (excludes halogenated alkanes) is 2. The van der Waals surface area contributed by atoms with Crippen LogP contribution in [0.5, 0.6) is 0 Å². The monoisotopic (exact) mass is 252 g/mol. The number of hydrogen-bond acceptors (Lipinski definition) is 2. The lowest BCUT2D eigenvalue weighted by molar-refractivity contribution is -0.137. The standard InChI is InChI=1S/C13H20N2O3/c1-2-3-4-5-9-14-13(18)15(11-6-7-11)10-8-12(16)17/h1,11H,3-10H2,(H,14,18)(H,16,17). The van der Waals surface area contributed by atoms with E-state index in [9.17, 15) is 9.59 Å². The van der Waals surface area contributed by atoms with Crippen LogP contribution in [0.4, 0.5) is 4.79 Å². The van der Waals surface area contributed by atoms with Crippen molar-refractivity contribution in [1.29, 1.82) is 0 Å². The average Bonchev–Trinajstić information content (AvgIpc) is 3.13. The van der Waals surface area contributed by atoms with Gasteiger partial charge in [0.15, 0.2) is 0 Å². The van der Waals surface area contributed by atoms with E-state index in [0.717, 1.165) is 32.1 Å². The Labute approximate surface area is 108 Å². The van der Waals surface area contributed by atoms with Crippen molar-refractivity contribution >= 4 is 12.0 Å². The summed E-state index contributed by atoms with van der Waals surface area (Å²) in [4.78, 5) is 24.0. The van der Waals surface area contributed by atoms with Gasteiger partial charge >= 0.3 is 12.0 Å². The highest BCUT2D eigenvalue weighted by Gasteiger charge is 2.32. The Hall–Kier alpha value is -1.70. The Morgan fingerprint density at radius 1 is 1.39 bits per heavy atom. The number of carboxylic acid groups (broad SMARTS) is 1. The number of carbonyl (C=O) groups excluding carboxylic acids is 1. The molecule has 0 bridgehead atoms. The summed E-state index contributed by atoms with van der Waals surface area (Å²) >= 11 is 0. The number of urea groups is 1. The summed E-state index contributed by atoms with van der Waals surface area (Å²) < 4.78 is 0. The van der Waals surface area contributed by atoms with Crippen molar-refractivity contribution in [3.05, 3.63) is 0 Å². The van der Waals surface area contributed by atoms with Crippen LogP contribution in [0.3, 0.4) is 0 Å². The largest absolute Gasteiger partial charge is 0.481 e. The molecule has 0 aromatic rings.